The number of ether oxygens (including phenoxy) is 2. The summed E-state index contributed by atoms with van der Waals surface area (Å²) in [5.41, 5.74) is 2.27. The second kappa shape index (κ2) is 8.39. The fourth-order valence-corrected chi connectivity index (χ4v) is 2.44. The van der Waals surface area contributed by atoms with Crippen molar-refractivity contribution in [1.82, 2.24) is 5.32 Å². The van der Waals surface area contributed by atoms with Gasteiger partial charge in [-0.25, -0.2) is 0 Å². The van der Waals surface area contributed by atoms with Crippen LogP contribution in [0.25, 0.3) is 0 Å². The van der Waals surface area contributed by atoms with E-state index in [9.17, 15) is 4.79 Å². The third-order valence-corrected chi connectivity index (χ3v) is 3.94. The van der Waals surface area contributed by atoms with Crippen LogP contribution in [0.4, 0.5) is 0 Å². The van der Waals surface area contributed by atoms with Gasteiger partial charge in [-0.05, 0) is 38.0 Å². The van der Waals surface area contributed by atoms with E-state index in [-0.39, 0.29) is 11.9 Å². The van der Waals surface area contributed by atoms with Gasteiger partial charge in [-0.2, -0.15) is 0 Å². The Bertz CT molecular complexity index is 667. The molecular formula is C20H25NO3. The summed E-state index contributed by atoms with van der Waals surface area (Å²) in [7, 11) is 1.59. The topological polar surface area (TPSA) is 47.6 Å². The molecule has 0 aliphatic carbocycles. The molecule has 4 heteroatoms. The van der Waals surface area contributed by atoms with Crippen molar-refractivity contribution in [2.75, 3.05) is 7.11 Å². The van der Waals surface area contributed by atoms with E-state index in [2.05, 4.69) is 5.32 Å². The zero-order chi connectivity index (χ0) is 17.5. The minimum Gasteiger partial charge on any atom is -0.493 e. The van der Waals surface area contributed by atoms with Gasteiger partial charge in [-0.1, -0.05) is 48.9 Å². The van der Waals surface area contributed by atoms with Crippen molar-refractivity contribution in [2.24, 2.45) is 0 Å². The molecule has 2 aromatic carbocycles. The van der Waals surface area contributed by atoms with Crippen molar-refractivity contribution in [3.05, 3.63) is 59.7 Å². The molecule has 24 heavy (non-hydrogen) atoms. The first-order valence-electron chi connectivity index (χ1n) is 8.21. The molecular weight excluding hydrogens is 302 g/mol. The van der Waals surface area contributed by atoms with Crippen LogP contribution in [0, 0.1) is 6.92 Å². The van der Waals surface area contributed by atoms with E-state index in [1.165, 1.54) is 5.56 Å². The fraction of sp³-hybridized carbons (Fsp3) is 0.350. The third kappa shape index (κ3) is 4.51. The minimum absolute atomic E-state index is 0.0755. The van der Waals surface area contributed by atoms with Gasteiger partial charge in [0.15, 0.2) is 17.6 Å². The molecule has 0 heterocycles. The lowest BCUT2D eigenvalue weighted by Gasteiger charge is -2.21. The average molecular weight is 327 g/mol. The summed E-state index contributed by atoms with van der Waals surface area (Å²) in [5.74, 6) is 1.07. The predicted octanol–water partition coefficient (Wildman–Crippen LogP) is 4.04. The van der Waals surface area contributed by atoms with Gasteiger partial charge in [0.05, 0.1) is 13.2 Å². The number of benzene rings is 2. The van der Waals surface area contributed by atoms with Crippen LogP contribution < -0.4 is 14.8 Å². The van der Waals surface area contributed by atoms with Gasteiger partial charge >= 0.3 is 0 Å². The lowest BCUT2D eigenvalue weighted by molar-refractivity contribution is -0.128. The molecule has 0 aromatic heterocycles. The average Bonchev–Trinajstić information content (AvgIpc) is 2.60. The molecule has 0 bridgehead atoms. The highest BCUT2D eigenvalue weighted by Crippen LogP contribution is 2.27. The van der Waals surface area contributed by atoms with Gasteiger partial charge in [0.1, 0.15) is 0 Å². The van der Waals surface area contributed by atoms with Crippen molar-refractivity contribution >= 4 is 5.91 Å². The van der Waals surface area contributed by atoms with E-state index in [1.54, 1.807) is 13.2 Å². The Hall–Kier alpha value is -2.49. The lowest BCUT2D eigenvalue weighted by Crippen LogP contribution is -2.39. The first kappa shape index (κ1) is 17.9. The van der Waals surface area contributed by atoms with Gasteiger partial charge in [0, 0.05) is 0 Å². The van der Waals surface area contributed by atoms with Crippen LogP contribution >= 0.6 is 0 Å². The Morgan fingerprint density at radius 3 is 2.29 bits per heavy atom. The highest BCUT2D eigenvalue weighted by Gasteiger charge is 2.21. The van der Waals surface area contributed by atoms with E-state index in [0.717, 1.165) is 5.56 Å². The number of carbonyl (C=O) groups excluding carboxylic acids is 1. The van der Waals surface area contributed by atoms with Gasteiger partial charge in [0.2, 0.25) is 0 Å². The molecule has 0 radical (unpaired) electrons. The Kier molecular flexibility index (Phi) is 6.24. The molecule has 0 aliphatic heterocycles. The summed E-state index contributed by atoms with van der Waals surface area (Å²) in [6, 6.07) is 15.4. The number of hydrogen-bond acceptors (Lipinski definition) is 3. The number of para-hydroxylation sites is 2. The van der Waals surface area contributed by atoms with Crippen LogP contribution in [-0.4, -0.2) is 19.1 Å². The molecule has 2 aromatic rings. The summed E-state index contributed by atoms with van der Waals surface area (Å²) >= 11 is 0. The molecule has 2 atom stereocenters. The van der Waals surface area contributed by atoms with Gasteiger partial charge < -0.3 is 14.8 Å². The number of nitrogens with one attached hydrogen (secondary N) is 1. The zero-order valence-electron chi connectivity index (χ0n) is 14.7. The second-order valence-corrected chi connectivity index (χ2v) is 5.81. The maximum absolute atomic E-state index is 12.6. The Morgan fingerprint density at radius 1 is 1.08 bits per heavy atom. The molecule has 0 unspecified atom stereocenters. The monoisotopic (exact) mass is 327 g/mol. The van der Waals surface area contributed by atoms with Crippen molar-refractivity contribution in [2.45, 2.75) is 39.3 Å². The van der Waals surface area contributed by atoms with Crippen LogP contribution in [0.15, 0.2) is 48.5 Å². The number of carbonyl (C=O) groups is 1. The van der Waals surface area contributed by atoms with Gasteiger partial charge in [0.25, 0.3) is 5.91 Å². The molecule has 1 amide bonds. The van der Waals surface area contributed by atoms with E-state index in [0.29, 0.717) is 17.9 Å². The van der Waals surface area contributed by atoms with Crippen LogP contribution in [-0.2, 0) is 4.79 Å². The molecule has 0 saturated carbocycles. The molecule has 128 valence electrons. The van der Waals surface area contributed by atoms with Gasteiger partial charge in [-0.15, -0.1) is 0 Å². The summed E-state index contributed by atoms with van der Waals surface area (Å²) in [5, 5.41) is 3.02. The molecule has 4 nitrogen and oxygen atoms in total. The summed E-state index contributed by atoms with van der Waals surface area (Å²) < 4.78 is 11.1. The largest absolute Gasteiger partial charge is 0.493 e. The Balaban J connectivity index is 2.04. The van der Waals surface area contributed by atoms with Crippen LogP contribution in [0.2, 0.25) is 0 Å². The van der Waals surface area contributed by atoms with E-state index in [1.807, 2.05) is 63.2 Å². The van der Waals surface area contributed by atoms with Crippen molar-refractivity contribution in [1.29, 1.82) is 0 Å². The quantitative estimate of drug-likeness (QED) is 0.835. The predicted molar refractivity (Wildman–Crippen MR) is 95.4 cm³/mol. The molecule has 0 aliphatic rings. The number of aryl methyl sites for hydroxylation is 1. The number of hydrogen-bond donors (Lipinski definition) is 1. The summed E-state index contributed by atoms with van der Waals surface area (Å²) in [4.78, 5) is 12.6. The fourth-order valence-electron chi connectivity index (χ4n) is 2.44. The summed E-state index contributed by atoms with van der Waals surface area (Å²) in [6.07, 6.45) is 0.0130. The number of methoxy groups -OCH3 is 1. The molecule has 0 saturated heterocycles. The second-order valence-electron chi connectivity index (χ2n) is 5.81. The van der Waals surface area contributed by atoms with Gasteiger partial charge in [-0.3, -0.25) is 4.79 Å². The van der Waals surface area contributed by atoms with Crippen molar-refractivity contribution < 1.29 is 14.3 Å². The van der Waals surface area contributed by atoms with Crippen LogP contribution in [0.5, 0.6) is 11.5 Å². The number of amides is 1. The lowest BCUT2D eigenvalue weighted by atomic mass is 10.1. The normalized spacial score (nSPS) is 13.0. The molecule has 1 N–H and O–H groups in total. The molecule has 2 rings (SSSR count). The van der Waals surface area contributed by atoms with Crippen molar-refractivity contribution in [3.63, 3.8) is 0 Å². The first-order chi connectivity index (χ1) is 11.5. The van der Waals surface area contributed by atoms with Crippen molar-refractivity contribution in [3.8, 4) is 11.5 Å². The molecule has 0 spiro atoms. The number of rotatable bonds is 7. The Labute approximate surface area is 143 Å². The highest BCUT2D eigenvalue weighted by atomic mass is 16.5. The Morgan fingerprint density at radius 2 is 1.71 bits per heavy atom. The highest BCUT2D eigenvalue weighted by molar-refractivity contribution is 5.81. The third-order valence-electron chi connectivity index (χ3n) is 3.94. The smallest absolute Gasteiger partial charge is 0.261 e. The van der Waals surface area contributed by atoms with E-state index >= 15 is 0 Å². The molecule has 0 fully saturated rings. The first-order valence-corrected chi connectivity index (χ1v) is 8.21. The standard InChI is InChI=1S/C20H25NO3/c1-5-17(24-19-9-7-6-8-18(19)23-4)20(22)21-15(3)16-12-10-14(2)11-13-16/h6-13,15,17H,5H2,1-4H3,(H,21,22)/t15-,17-/m0/s1. The van der Waals surface area contributed by atoms with Crippen LogP contribution in [0.3, 0.4) is 0 Å². The summed E-state index contributed by atoms with van der Waals surface area (Å²) in [6.45, 7) is 5.94. The van der Waals surface area contributed by atoms with E-state index < -0.39 is 6.10 Å². The minimum atomic E-state index is -0.561. The maximum Gasteiger partial charge on any atom is 0.261 e. The van der Waals surface area contributed by atoms with Crippen LogP contribution in [0.1, 0.15) is 37.4 Å². The zero-order valence-corrected chi connectivity index (χ0v) is 14.7. The SMILES string of the molecule is CC[C@H](Oc1ccccc1OC)C(=O)N[C@@H](C)c1ccc(C)cc1. The maximum atomic E-state index is 12.6. The van der Waals surface area contributed by atoms with E-state index in [4.69, 9.17) is 9.47 Å².